The lowest BCUT2D eigenvalue weighted by atomic mass is 9.91. The first-order valence-corrected chi connectivity index (χ1v) is 12.1. The molecule has 0 aliphatic carbocycles. The van der Waals surface area contributed by atoms with Crippen molar-refractivity contribution in [2.24, 2.45) is 0 Å². The van der Waals surface area contributed by atoms with Crippen molar-refractivity contribution in [3.8, 4) is 17.1 Å². The van der Waals surface area contributed by atoms with E-state index in [1.165, 1.54) is 0 Å². The predicted molar refractivity (Wildman–Crippen MR) is 144 cm³/mol. The van der Waals surface area contributed by atoms with E-state index in [0.717, 1.165) is 39.4 Å². The van der Waals surface area contributed by atoms with Gasteiger partial charge >= 0.3 is 0 Å². The van der Waals surface area contributed by atoms with Gasteiger partial charge in [0.15, 0.2) is 0 Å². The second kappa shape index (κ2) is 7.83. The van der Waals surface area contributed by atoms with Crippen LogP contribution in [0.5, 0.6) is 5.75 Å². The number of ether oxygens (including phenoxy) is 1. The van der Waals surface area contributed by atoms with Crippen LogP contribution in [0.25, 0.3) is 34.1 Å². The topological polar surface area (TPSA) is 47.4 Å². The minimum atomic E-state index is -0.422. The maximum atomic E-state index is 14.1. The van der Waals surface area contributed by atoms with Gasteiger partial charge in [-0.05, 0) is 71.8 Å². The molecule has 0 bridgehead atoms. The molecule has 0 amide bonds. The molecular formula is C30H20ClN3O2. The van der Waals surface area contributed by atoms with Crippen LogP contribution >= 0.6 is 11.6 Å². The Labute approximate surface area is 212 Å². The summed E-state index contributed by atoms with van der Waals surface area (Å²) in [7, 11) is 1.66. The molecule has 5 aromatic rings. The molecule has 0 fully saturated rings. The second-order valence-electron chi connectivity index (χ2n) is 8.92. The zero-order chi connectivity index (χ0) is 24.4. The van der Waals surface area contributed by atoms with E-state index in [2.05, 4.69) is 23.1 Å². The average molecular weight is 490 g/mol. The van der Waals surface area contributed by atoms with Crippen molar-refractivity contribution < 1.29 is 4.74 Å². The Hall–Kier alpha value is -4.35. The molecule has 1 atom stereocenters. The molecule has 36 heavy (non-hydrogen) atoms. The molecule has 2 aliphatic heterocycles. The van der Waals surface area contributed by atoms with Crippen LogP contribution in [0.1, 0.15) is 22.9 Å². The molecule has 0 radical (unpaired) electrons. The molecule has 0 unspecified atom stereocenters. The van der Waals surface area contributed by atoms with E-state index in [0.29, 0.717) is 21.7 Å². The number of methoxy groups -OCH3 is 1. The van der Waals surface area contributed by atoms with Crippen LogP contribution in [0.3, 0.4) is 0 Å². The zero-order valence-electron chi connectivity index (χ0n) is 19.4. The number of nitrogens with zero attached hydrogens (tertiary/aromatic N) is 3. The largest absolute Gasteiger partial charge is 0.497 e. The van der Waals surface area contributed by atoms with Crippen LogP contribution in [0, 0.1) is 0 Å². The maximum Gasteiger partial charge on any atom is 0.263 e. The van der Waals surface area contributed by atoms with Gasteiger partial charge in [0.1, 0.15) is 17.7 Å². The van der Waals surface area contributed by atoms with Crippen LogP contribution in [0.15, 0.2) is 95.8 Å². The highest BCUT2D eigenvalue weighted by Crippen LogP contribution is 2.50. The summed E-state index contributed by atoms with van der Waals surface area (Å²) in [6, 6.07) is 29.4. The second-order valence-corrected chi connectivity index (χ2v) is 9.36. The smallest absolute Gasteiger partial charge is 0.263 e. The Balaban J connectivity index is 1.60. The lowest BCUT2D eigenvalue weighted by molar-refractivity contribution is 0.415. The number of aromatic nitrogens is 2. The molecule has 0 spiro atoms. The van der Waals surface area contributed by atoms with Crippen molar-refractivity contribution in [2.45, 2.75) is 6.17 Å². The number of fused-ring (bicyclic) bond motifs is 9. The zero-order valence-corrected chi connectivity index (χ0v) is 20.1. The van der Waals surface area contributed by atoms with Gasteiger partial charge in [0.2, 0.25) is 0 Å². The molecular weight excluding hydrogens is 470 g/mol. The summed E-state index contributed by atoms with van der Waals surface area (Å²) >= 11 is 6.54. The first kappa shape index (κ1) is 21.0. The van der Waals surface area contributed by atoms with Crippen molar-refractivity contribution in [1.82, 2.24) is 9.55 Å². The quantitative estimate of drug-likeness (QED) is 0.280. The summed E-state index contributed by atoms with van der Waals surface area (Å²) < 4.78 is 7.22. The van der Waals surface area contributed by atoms with Gasteiger partial charge in [0, 0.05) is 16.1 Å². The Morgan fingerprint density at radius 2 is 1.69 bits per heavy atom. The molecule has 3 heterocycles. The lowest BCUT2D eigenvalue weighted by Gasteiger charge is -2.44. The third kappa shape index (κ3) is 2.96. The van der Waals surface area contributed by atoms with Gasteiger partial charge in [-0.25, -0.2) is 4.98 Å². The van der Waals surface area contributed by atoms with E-state index in [9.17, 15) is 4.79 Å². The SMILES string of the molecule is COc1ccc(C2=Cc3ccccc3[C@H]3N2c2cc(Cl)ccc2-c2nc4ccccc4c(=O)n23)cc1. The number of hydrogen-bond donors (Lipinski definition) is 0. The van der Waals surface area contributed by atoms with Crippen LogP contribution in [0.2, 0.25) is 5.02 Å². The molecule has 0 N–H and O–H groups in total. The summed E-state index contributed by atoms with van der Waals surface area (Å²) in [5.74, 6) is 1.42. The van der Waals surface area contributed by atoms with Crippen molar-refractivity contribution in [3.05, 3.63) is 123 Å². The fourth-order valence-electron chi connectivity index (χ4n) is 5.32. The van der Waals surface area contributed by atoms with Crippen molar-refractivity contribution in [1.29, 1.82) is 0 Å². The highest BCUT2D eigenvalue weighted by Gasteiger charge is 2.39. The van der Waals surface area contributed by atoms with Gasteiger partial charge in [-0.2, -0.15) is 0 Å². The fourth-order valence-corrected chi connectivity index (χ4v) is 5.49. The molecule has 0 saturated carbocycles. The maximum absolute atomic E-state index is 14.1. The summed E-state index contributed by atoms with van der Waals surface area (Å²) in [6.07, 6.45) is 1.75. The van der Waals surface area contributed by atoms with Gasteiger partial charge in [-0.3, -0.25) is 9.36 Å². The van der Waals surface area contributed by atoms with E-state index in [1.807, 2.05) is 83.4 Å². The average Bonchev–Trinajstić information content (AvgIpc) is 2.92. The first-order chi connectivity index (χ1) is 17.6. The van der Waals surface area contributed by atoms with E-state index >= 15 is 0 Å². The normalized spacial score (nSPS) is 15.4. The van der Waals surface area contributed by atoms with Gasteiger partial charge in [-0.1, -0.05) is 48.0 Å². The van der Waals surface area contributed by atoms with Gasteiger partial charge in [0.05, 0.1) is 29.4 Å². The van der Waals surface area contributed by atoms with Crippen LogP contribution < -0.4 is 15.2 Å². The Morgan fingerprint density at radius 1 is 0.917 bits per heavy atom. The fraction of sp³-hybridized carbons (Fsp3) is 0.0667. The molecule has 4 aromatic carbocycles. The van der Waals surface area contributed by atoms with Crippen molar-refractivity contribution in [3.63, 3.8) is 0 Å². The Bertz CT molecular complexity index is 1770. The minimum Gasteiger partial charge on any atom is -0.497 e. The lowest BCUT2D eigenvalue weighted by Crippen LogP contribution is -2.43. The van der Waals surface area contributed by atoms with Gasteiger partial charge < -0.3 is 9.64 Å². The van der Waals surface area contributed by atoms with Crippen LogP contribution in [-0.4, -0.2) is 16.7 Å². The van der Waals surface area contributed by atoms with E-state index < -0.39 is 6.17 Å². The summed E-state index contributed by atoms with van der Waals surface area (Å²) in [5, 5.41) is 1.22. The van der Waals surface area contributed by atoms with Gasteiger partial charge in [0.25, 0.3) is 5.56 Å². The monoisotopic (exact) mass is 489 g/mol. The Morgan fingerprint density at radius 3 is 2.53 bits per heavy atom. The number of halogens is 1. The predicted octanol–water partition coefficient (Wildman–Crippen LogP) is 6.60. The molecule has 174 valence electrons. The molecule has 5 nitrogen and oxygen atoms in total. The highest BCUT2D eigenvalue weighted by molar-refractivity contribution is 6.31. The van der Waals surface area contributed by atoms with E-state index in [1.54, 1.807) is 7.11 Å². The minimum absolute atomic E-state index is 0.0722. The molecule has 6 heteroatoms. The molecule has 1 aromatic heterocycles. The first-order valence-electron chi connectivity index (χ1n) is 11.7. The summed E-state index contributed by atoms with van der Waals surface area (Å²) in [5.41, 5.74) is 6.43. The third-order valence-electron chi connectivity index (χ3n) is 6.97. The molecule has 0 saturated heterocycles. The number of benzene rings is 4. The Kier molecular flexibility index (Phi) is 4.56. The molecule has 2 aliphatic rings. The van der Waals surface area contributed by atoms with E-state index in [4.69, 9.17) is 21.3 Å². The number of anilines is 1. The third-order valence-corrected chi connectivity index (χ3v) is 7.20. The van der Waals surface area contributed by atoms with E-state index in [-0.39, 0.29) is 5.56 Å². The van der Waals surface area contributed by atoms with Crippen LogP contribution in [0.4, 0.5) is 5.69 Å². The highest BCUT2D eigenvalue weighted by atomic mass is 35.5. The number of hydrogen-bond acceptors (Lipinski definition) is 4. The van der Waals surface area contributed by atoms with Crippen LogP contribution in [-0.2, 0) is 0 Å². The summed E-state index contributed by atoms with van der Waals surface area (Å²) in [6.45, 7) is 0. The number of para-hydroxylation sites is 1. The molecule has 7 rings (SSSR count). The van der Waals surface area contributed by atoms with Crippen molar-refractivity contribution in [2.75, 3.05) is 12.0 Å². The van der Waals surface area contributed by atoms with Crippen molar-refractivity contribution >= 4 is 40.0 Å². The standard InChI is InChI=1S/C30H20ClN3O2/c1-36-21-13-10-18(11-14-21)26-16-19-6-2-3-7-22(19)29-33(26)27-17-20(31)12-15-24(27)28-32-25-9-5-4-8-23(25)30(35)34(28)29/h2-17,29H,1H3/t29-/m0/s1. The van der Waals surface area contributed by atoms with Gasteiger partial charge in [-0.15, -0.1) is 0 Å². The summed E-state index contributed by atoms with van der Waals surface area (Å²) in [4.78, 5) is 21.3. The number of rotatable bonds is 2.